The van der Waals surface area contributed by atoms with Crippen molar-refractivity contribution in [2.75, 3.05) is 13.2 Å². The number of benzene rings is 1. The molecule has 0 bridgehead atoms. The Labute approximate surface area is 194 Å². The Hall–Kier alpha value is -0.856. The minimum Gasteiger partial charge on any atom is -0.579 e. The van der Waals surface area contributed by atoms with Gasteiger partial charge in [0.05, 0.1) is 12.5 Å². The minimum absolute atomic E-state index is 0. The molecule has 1 unspecified atom stereocenters. The van der Waals surface area contributed by atoms with Crippen LogP contribution in [-0.2, 0) is 16.0 Å². The van der Waals surface area contributed by atoms with E-state index in [2.05, 4.69) is 48.3 Å². The Morgan fingerprint density at radius 3 is 2.26 bits per heavy atom. The molecule has 0 aliphatic heterocycles. The van der Waals surface area contributed by atoms with Crippen molar-refractivity contribution in [3.8, 4) is 0 Å². The van der Waals surface area contributed by atoms with Crippen LogP contribution in [0.15, 0.2) is 36.5 Å². The fourth-order valence-electron chi connectivity index (χ4n) is 2.00. The van der Waals surface area contributed by atoms with Crippen LogP contribution < -0.4 is 10.6 Å². The summed E-state index contributed by atoms with van der Waals surface area (Å²) >= 11 is 0. The van der Waals surface area contributed by atoms with Gasteiger partial charge < -0.3 is 27.5 Å². The molecular weight excluding hydrogens is 475 g/mol. The van der Waals surface area contributed by atoms with Crippen molar-refractivity contribution in [3.05, 3.63) is 60.8 Å². The van der Waals surface area contributed by atoms with E-state index in [9.17, 15) is 4.79 Å². The van der Waals surface area contributed by atoms with E-state index in [1.807, 2.05) is 0 Å². The number of aliphatic hydroxyl groups is 1. The van der Waals surface area contributed by atoms with Gasteiger partial charge in [0.2, 0.25) is 5.91 Å². The molecule has 2 rings (SSSR count). The van der Waals surface area contributed by atoms with Crippen molar-refractivity contribution < 1.29 is 61.1 Å². The van der Waals surface area contributed by atoms with Gasteiger partial charge in [-0.05, 0) is 26.7 Å². The minimum atomic E-state index is -0.515. The Morgan fingerprint density at radius 1 is 1.22 bits per heavy atom. The number of hydrogen-bond acceptors (Lipinski definition) is 5. The molecule has 1 aromatic carbocycles. The largest absolute Gasteiger partial charge is 0.579 e. The third kappa shape index (κ3) is 13.9. The van der Waals surface area contributed by atoms with Gasteiger partial charge in [-0.1, -0.05) is 41.5 Å². The zero-order valence-electron chi connectivity index (χ0n) is 16.3. The number of hydrogen-bond donors (Lipinski definition) is 3. The monoisotopic (exact) mass is 504 g/mol. The van der Waals surface area contributed by atoms with E-state index in [0.717, 1.165) is 5.69 Å². The van der Waals surface area contributed by atoms with Crippen LogP contribution in [0, 0.1) is 62.6 Å². The van der Waals surface area contributed by atoms with Crippen LogP contribution in [0.25, 0.3) is 0 Å². The second-order valence-corrected chi connectivity index (χ2v) is 5.69. The number of carbonyl (C=O) groups is 1. The molecular formula is C19H29N3O4Pr-2. The van der Waals surface area contributed by atoms with Crippen molar-refractivity contribution in [2.24, 2.45) is 0 Å². The average molecular weight is 504 g/mol. The number of amides is 1. The first-order chi connectivity index (χ1) is 12.0. The number of aryl methyl sites for hydroxylation is 2. The molecule has 0 fully saturated rings. The second-order valence-electron chi connectivity index (χ2n) is 5.69. The number of hydroxylamine groups is 1. The first-order valence-electron chi connectivity index (χ1n) is 8.17. The van der Waals surface area contributed by atoms with Crippen LogP contribution >= 0.6 is 0 Å². The van der Waals surface area contributed by atoms with Crippen molar-refractivity contribution in [1.29, 1.82) is 0 Å². The SMILES string of the molecule is Cc1ccc(C)cc1.O=C(CC(Cc1ccn[n-]1)OCCCO)NO.[CH3-].[Pr]. The summed E-state index contributed by atoms with van der Waals surface area (Å²) in [4.78, 5) is 11.1. The zero-order valence-corrected chi connectivity index (χ0v) is 20.0. The number of aromatic nitrogens is 2. The number of aliphatic hydroxyl groups excluding tert-OH is 1. The first-order valence-corrected chi connectivity index (χ1v) is 8.17. The maximum absolute atomic E-state index is 11.1. The summed E-state index contributed by atoms with van der Waals surface area (Å²) in [7, 11) is 0. The van der Waals surface area contributed by atoms with Gasteiger partial charge in [-0.2, -0.15) is 0 Å². The topological polar surface area (TPSA) is 106 Å². The molecule has 0 spiro atoms. The number of nitrogens with zero attached hydrogens (tertiary/aromatic N) is 2. The summed E-state index contributed by atoms with van der Waals surface area (Å²) < 4.78 is 5.43. The van der Waals surface area contributed by atoms with Crippen molar-refractivity contribution in [3.63, 3.8) is 0 Å². The average Bonchev–Trinajstić information content (AvgIpc) is 3.11. The summed E-state index contributed by atoms with van der Waals surface area (Å²) in [6.45, 7) is 4.59. The van der Waals surface area contributed by atoms with E-state index in [4.69, 9.17) is 15.1 Å². The third-order valence-electron chi connectivity index (χ3n) is 3.37. The molecule has 1 amide bonds. The van der Waals surface area contributed by atoms with Crippen LogP contribution in [0.4, 0.5) is 0 Å². The Morgan fingerprint density at radius 2 is 1.81 bits per heavy atom. The zero-order chi connectivity index (χ0) is 18.5. The van der Waals surface area contributed by atoms with Crippen molar-refractivity contribution in [2.45, 2.75) is 39.2 Å². The normalized spacial score (nSPS) is 10.5. The molecule has 0 saturated heterocycles. The van der Waals surface area contributed by atoms with Gasteiger partial charge in [0, 0.05) is 60.7 Å². The van der Waals surface area contributed by atoms with Crippen LogP contribution in [0.5, 0.6) is 0 Å². The molecule has 1 heterocycles. The fraction of sp³-hybridized carbons (Fsp3) is 0.421. The quantitative estimate of drug-likeness (QED) is 0.220. The van der Waals surface area contributed by atoms with E-state index in [1.54, 1.807) is 17.7 Å². The molecule has 1 atom stereocenters. The summed E-state index contributed by atoms with van der Waals surface area (Å²) in [6.07, 6.45) is 2.16. The summed E-state index contributed by atoms with van der Waals surface area (Å²) in [5.41, 5.74) is 4.95. The van der Waals surface area contributed by atoms with E-state index in [-0.39, 0.29) is 67.9 Å². The maximum Gasteiger partial charge on any atom is 0.245 e. The Kier molecular flexibility index (Phi) is 18.1. The molecule has 3 N–H and O–H groups in total. The third-order valence-corrected chi connectivity index (χ3v) is 3.37. The molecule has 2 aromatic rings. The summed E-state index contributed by atoms with van der Waals surface area (Å²) in [5, 5.41) is 24.6. The van der Waals surface area contributed by atoms with Crippen molar-refractivity contribution in [1.82, 2.24) is 15.7 Å². The van der Waals surface area contributed by atoms with Gasteiger partial charge in [0.1, 0.15) is 0 Å². The second kappa shape index (κ2) is 17.3. The predicted octanol–water partition coefficient (Wildman–Crippen LogP) is 2.00. The maximum atomic E-state index is 11.1. The van der Waals surface area contributed by atoms with E-state index in [0.29, 0.717) is 19.4 Å². The van der Waals surface area contributed by atoms with Crippen molar-refractivity contribution >= 4 is 5.91 Å². The molecule has 1 aromatic heterocycles. The molecule has 27 heavy (non-hydrogen) atoms. The van der Waals surface area contributed by atoms with Gasteiger partial charge >= 0.3 is 0 Å². The van der Waals surface area contributed by atoms with Crippen LogP contribution in [-0.4, -0.2) is 40.6 Å². The van der Waals surface area contributed by atoms with Gasteiger partial charge in [-0.3, -0.25) is 10.0 Å². The van der Waals surface area contributed by atoms with Gasteiger partial charge in [-0.15, -0.1) is 5.69 Å². The standard InChI is InChI=1S/C10H17N3O4.C8H10.CH3.Pr/c14-4-1-5-17-9(7-10(15)13-16)6-8-2-3-11-12-8;1-7-3-5-8(2)6-4-7;;/h2-3,9,14H,1,4-7H2,(H3,11,12,13,15,16);3-6H,1-2H3;1H3;/q;;-1;/p-1. The number of nitrogens with one attached hydrogen (secondary N) is 1. The van der Waals surface area contributed by atoms with Crippen LogP contribution in [0.2, 0.25) is 0 Å². The molecule has 149 valence electrons. The molecule has 0 aliphatic carbocycles. The molecule has 7 nitrogen and oxygen atoms in total. The van der Waals surface area contributed by atoms with Gasteiger partial charge in [-0.25, -0.2) is 5.48 Å². The Bertz CT molecular complexity index is 571. The first kappa shape index (κ1) is 28.4. The molecule has 8 heteroatoms. The fourth-order valence-corrected chi connectivity index (χ4v) is 2.00. The summed E-state index contributed by atoms with van der Waals surface area (Å²) in [5.74, 6) is -0.515. The Balaban J connectivity index is 0. The van der Waals surface area contributed by atoms with E-state index < -0.39 is 5.91 Å². The van der Waals surface area contributed by atoms with Gasteiger partial charge in [0.25, 0.3) is 0 Å². The molecule has 1 radical (unpaired) electrons. The number of rotatable bonds is 8. The van der Waals surface area contributed by atoms with E-state index in [1.165, 1.54) is 11.1 Å². The smallest absolute Gasteiger partial charge is 0.245 e. The van der Waals surface area contributed by atoms with E-state index >= 15 is 0 Å². The number of carbonyl (C=O) groups excluding carboxylic acids is 1. The summed E-state index contributed by atoms with van der Waals surface area (Å²) in [6, 6.07) is 10.2. The van der Waals surface area contributed by atoms with Crippen LogP contribution in [0.3, 0.4) is 0 Å². The number of ether oxygens (including phenoxy) is 1. The van der Waals surface area contributed by atoms with Crippen LogP contribution in [0.1, 0.15) is 29.7 Å². The molecule has 0 saturated carbocycles. The van der Waals surface area contributed by atoms with Gasteiger partial charge in [0.15, 0.2) is 0 Å². The molecule has 0 aliphatic rings. The predicted molar refractivity (Wildman–Crippen MR) is 99.6 cm³/mol.